The van der Waals surface area contributed by atoms with E-state index in [1.807, 2.05) is 44.2 Å². The fourth-order valence-electron chi connectivity index (χ4n) is 2.02. The van der Waals surface area contributed by atoms with Crippen molar-refractivity contribution in [1.29, 1.82) is 0 Å². The lowest BCUT2D eigenvalue weighted by atomic mass is 10.1. The van der Waals surface area contributed by atoms with Crippen molar-refractivity contribution >= 4 is 28.0 Å². The van der Waals surface area contributed by atoms with Gasteiger partial charge in [-0.1, -0.05) is 6.07 Å². The van der Waals surface area contributed by atoms with Crippen molar-refractivity contribution in [3.63, 3.8) is 0 Å². The first-order valence-electron chi connectivity index (χ1n) is 5.97. The highest BCUT2D eigenvalue weighted by Gasteiger charge is 2.14. The molecule has 0 aliphatic heterocycles. The standard InChI is InChI=1S/C15H12N2OS/c1-9-3-4-11-7-12(5-6-13(11)17-9)14(18)15-10(2)16-8-19-15/h3-8H,1-2H3. The van der Waals surface area contributed by atoms with Crippen molar-refractivity contribution in [2.75, 3.05) is 0 Å². The van der Waals surface area contributed by atoms with Gasteiger partial charge in [-0.05, 0) is 38.1 Å². The van der Waals surface area contributed by atoms with Crippen molar-refractivity contribution in [1.82, 2.24) is 9.97 Å². The predicted molar refractivity (Wildman–Crippen MR) is 76.8 cm³/mol. The van der Waals surface area contributed by atoms with Gasteiger partial charge in [0.1, 0.15) is 0 Å². The highest BCUT2D eigenvalue weighted by molar-refractivity contribution is 7.12. The number of thiazole rings is 1. The summed E-state index contributed by atoms with van der Waals surface area (Å²) < 4.78 is 0. The maximum absolute atomic E-state index is 12.4. The fraction of sp³-hybridized carbons (Fsp3) is 0.133. The summed E-state index contributed by atoms with van der Waals surface area (Å²) >= 11 is 1.38. The van der Waals surface area contributed by atoms with E-state index < -0.39 is 0 Å². The predicted octanol–water partition coefficient (Wildman–Crippen LogP) is 3.54. The normalized spacial score (nSPS) is 10.8. The first kappa shape index (κ1) is 12.0. The minimum absolute atomic E-state index is 0.0301. The Kier molecular flexibility index (Phi) is 2.87. The molecule has 3 aromatic rings. The summed E-state index contributed by atoms with van der Waals surface area (Å²) in [6, 6.07) is 9.56. The Morgan fingerprint density at radius 1 is 1.16 bits per heavy atom. The number of carbonyl (C=O) groups excluding carboxylic acids is 1. The van der Waals surface area contributed by atoms with Gasteiger partial charge in [-0.3, -0.25) is 9.78 Å². The molecule has 0 radical (unpaired) electrons. The fourth-order valence-corrected chi connectivity index (χ4v) is 2.78. The summed E-state index contributed by atoms with van der Waals surface area (Å²) in [4.78, 5) is 21.7. The number of fused-ring (bicyclic) bond motifs is 1. The molecule has 0 spiro atoms. The van der Waals surface area contributed by atoms with Crippen LogP contribution in [0.15, 0.2) is 35.8 Å². The second-order valence-corrected chi connectivity index (χ2v) is 5.31. The van der Waals surface area contributed by atoms with Crippen LogP contribution in [0.3, 0.4) is 0 Å². The third kappa shape index (κ3) is 2.15. The van der Waals surface area contributed by atoms with Crippen LogP contribution in [0.4, 0.5) is 0 Å². The SMILES string of the molecule is Cc1ccc2cc(C(=O)c3scnc3C)ccc2n1. The van der Waals surface area contributed by atoms with Gasteiger partial charge in [0.15, 0.2) is 0 Å². The smallest absolute Gasteiger partial charge is 0.204 e. The van der Waals surface area contributed by atoms with Crippen LogP contribution in [0.5, 0.6) is 0 Å². The first-order chi connectivity index (χ1) is 9.15. The van der Waals surface area contributed by atoms with Gasteiger partial charge in [0.05, 0.1) is 21.6 Å². The van der Waals surface area contributed by atoms with E-state index in [1.54, 1.807) is 5.51 Å². The van der Waals surface area contributed by atoms with Crippen LogP contribution in [0.25, 0.3) is 10.9 Å². The number of rotatable bonds is 2. The quantitative estimate of drug-likeness (QED) is 0.668. The van der Waals surface area contributed by atoms with Crippen LogP contribution in [0, 0.1) is 13.8 Å². The van der Waals surface area contributed by atoms with Crippen LogP contribution in [-0.4, -0.2) is 15.8 Å². The molecule has 0 atom stereocenters. The highest BCUT2D eigenvalue weighted by Crippen LogP contribution is 2.21. The molecule has 0 N–H and O–H groups in total. The maximum Gasteiger partial charge on any atom is 0.204 e. The largest absolute Gasteiger partial charge is 0.288 e. The van der Waals surface area contributed by atoms with Crippen LogP contribution in [0.1, 0.15) is 26.6 Å². The summed E-state index contributed by atoms with van der Waals surface area (Å²) in [6.45, 7) is 3.81. The van der Waals surface area contributed by atoms with Gasteiger partial charge in [0, 0.05) is 16.6 Å². The number of hydrogen-bond acceptors (Lipinski definition) is 4. The summed E-state index contributed by atoms with van der Waals surface area (Å²) in [5.41, 5.74) is 5.07. The first-order valence-corrected chi connectivity index (χ1v) is 6.85. The Morgan fingerprint density at radius 2 is 2.00 bits per heavy atom. The summed E-state index contributed by atoms with van der Waals surface area (Å²) in [5.74, 6) is 0.0301. The van der Waals surface area contributed by atoms with E-state index in [0.717, 1.165) is 22.3 Å². The van der Waals surface area contributed by atoms with Crippen LogP contribution in [-0.2, 0) is 0 Å². The minimum atomic E-state index is 0.0301. The van der Waals surface area contributed by atoms with E-state index in [0.29, 0.717) is 10.4 Å². The lowest BCUT2D eigenvalue weighted by Gasteiger charge is -2.03. The second kappa shape index (κ2) is 4.55. The molecule has 2 aromatic heterocycles. The third-order valence-electron chi connectivity index (χ3n) is 3.04. The van der Waals surface area contributed by atoms with Gasteiger partial charge in [-0.15, -0.1) is 11.3 Å². The highest BCUT2D eigenvalue weighted by atomic mass is 32.1. The number of carbonyl (C=O) groups is 1. The summed E-state index contributed by atoms with van der Waals surface area (Å²) in [6.07, 6.45) is 0. The van der Waals surface area contributed by atoms with Gasteiger partial charge in [0.2, 0.25) is 5.78 Å². The zero-order chi connectivity index (χ0) is 13.4. The molecule has 19 heavy (non-hydrogen) atoms. The zero-order valence-corrected chi connectivity index (χ0v) is 11.5. The molecule has 94 valence electrons. The Labute approximate surface area is 115 Å². The van der Waals surface area contributed by atoms with Crippen LogP contribution < -0.4 is 0 Å². The van der Waals surface area contributed by atoms with Crippen molar-refractivity contribution in [3.8, 4) is 0 Å². The Morgan fingerprint density at radius 3 is 2.74 bits per heavy atom. The molecule has 0 aliphatic carbocycles. The van der Waals surface area contributed by atoms with Gasteiger partial charge in [0.25, 0.3) is 0 Å². The van der Waals surface area contributed by atoms with E-state index in [2.05, 4.69) is 9.97 Å². The number of hydrogen-bond donors (Lipinski definition) is 0. The van der Waals surface area contributed by atoms with Gasteiger partial charge >= 0.3 is 0 Å². The molecule has 3 rings (SSSR count). The van der Waals surface area contributed by atoms with Crippen molar-refractivity contribution < 1.29 is 4.79 Å². The summed E-state index contributed by atoms with van der Waals surface area (Å²) in [5, 5.41) is 0.985. The van der Waals surface area contributed by atoms with Gasteiger partial charge in [-0.2, -0.15) is 0 Å². The van der Waals surface area contributed by atoms with Crippen molar-refractivity contribution in [2.45, 2.75) is 13.8 Å². The van der Waals surface area contributed by atoms with E-state index in [4.69, 9.17) is 0 Å². The number of aromatic nitrogens is 2. The average molecular weight is 268 g/mol. The molecule has 1 aromatic carbocycles. The lowest BCUT2D eigenvalue weighted by Crippen LogP contribution is -2.01. The van der Waals surface area contributed by atoms with E-state index >= 15 is 0 Å². The average Bonchev–Trinajstić information content (AvgIpc) is 2.83. The molecule has 3 nitrogen and oxygen atoms in total. The monoisotopic (exact) mass is 268 g/mol. The Bertz CT molecular complexity index is 777. The van der Waals surface area contributed by atoms with E-state index in [1.165, 1.54) is 11.3 Å². The molecule has 0 saturated carbocycles. The van der Waals surface area contributed by atoms with Gasteiger partial charge in [-0.25, -0.2) is 4.98 Å². The molecule has 0 saturated heterocycles. The molecular formula is C15H12N2OS. The van der Waals surface area contributed by atoms with Crippen LogP contribution in [0.2, 0.25) is 0 Å². The topological polar surface area (TPSA) is 42.9 Å². The number of benzene rings is 1. The maximum atomic E-state index is 12.4. The number of ketones is 1. The lowest BCUT2D eigenvalue weighted by molar-refractivity contribution is 0.104. The van der Waals surface area contributed by atoms with Crippen molar-refractivity contribution in [2.24, 2.45) is 0 Å². The molecule has 2 heterocycles. The van der Waals surface area contributed by atoms with E-state index in [9.17, 15) is 4.79 Å². The number of aryl methyl sites for hydroxylation is 2. The van der Waals surface area contributed by atoms with Gasteiger partial charge < -0.3 is 0 Å². The molecule has 4 heteroatoms. The van der Waals surface area contributed by atoms with E-state index in [-0.39, 0.29) is 5.78 Å². The molecule has 0 amide bonds. The van der Waals surface area contributed by atoms with Crippen LogP contribution >= 0.6 is 11.3 Å². The van der Waals surface area contributed by atoms with Crippen molar-refractivity contribution in [3.05, 3.63) is 57.7 Å². The third-order valence-corrected chi connectivity index (χ3v) is 3.97. The number of nitrogens with zero attached hydrogens (tertiary/aromatic N) is 2. The molecule has 0 aliphatic rings. The summed E-state index contributed by atoms with van der Waals surface area (Å²) in [7, 11) is 0. The zero-order valence-electron chi connectivity index (χ0n) is 10.7. The molecule has 0 bridgehead atoms. The second-order valence-electron chi connectivity index (χ2n) is 4.46. The Hall–Kier alpha value is -2.07. The Balaban J connectivity index is 2.09. The number of pyridine rings is 1. The molecular weight excluding hydrogens is 256 g/mol. The molecule has 0 fully saturated rings. The minimum Gasteiger partial charge on any atom is -0.288 e. The molecule has 0 unspecified atom stereocenters.